The summed E-state index contributed by atoms with van der Waals surface area (Å²) in [6.07, 6.45) is 3.58. The summed E-state index contributed by atoms with van der Waals surface area (Å²) in [6, 6.07) is 8.09. The van der Waals surface area contributed by atoms with Gasteiger partial charge in [0.2, 0.25) is 10.0 Å². The van der Waals surface area contributed by atoms with E-state index in [2.05, 4.69) is 25.8 Å². The lowest BCUT2D eigenvalue weighted by Gasteiger charge is -2.31. The van der Waals surface area contributed by atoms with Crippen LogP contribution < -0.4 is 0 Å². The van der Waals surface area contributed by atoms with Crippen LogP contribution in [0.2, 0.25) is 0 Å². The lowest BCUT2D eigenvalue weighted by atomic mass is 9.98. The fraction of sp³-hybridized carbons (Fsp3) is 0.444. The molecular weight excluding hydrogens is 350 g/mol. The zero-order chi connectivity index (χ0) is 18.3. The van der Waals surface area contributed by atoms with Crippen molar-refractivity contribution in [1.82, 2.24) is 24.1 Å². The molecule has 0 bridgehead atoms. The molecule has 1 fully saturated rings. The SMILES string of the molecule is Cc1n[nH]c(C)c1S(=O)(=O)N1CCC(Cn2cnc3ccccc32)CC1. The first-order valence-corrected chi connectivity index (χ1v) is 10.3. The molecule has 1 saturated heterocycles. The van der Waals surface area contributed by atoms with Gasteiger partial charge in [-0.1, -0.05) is 12.1 Å². The highest BCUT2D eigenvalue weighted by molar-refractivity contribution is 7.89. The molecule has 0 radical (unpaired) electrons. The summed E-state index contributed by atoms with van der Waals surface area (Å²) < 4.78 is 29.7. The van der Waals surface area contributed by atoms with Gasteiger partial charge in [-0.05, 0) is 44.7 Å². The topological polar surface area (TPSA) is 83.9 Å². The Labute approximate surface area is 153 Å². The van der Waals surface area contributed by atoms with Crippen molar-refractivity contribution < 1.29 is 8.42 Å². The minimum absolute atomic E-state index is 0.330. The normalized spacial score (nSPS) is 17.2. The van der Waals surface area contributed by atoms with Crippen molar-refractivity contribution in [3.05, 3.63) is 42.0 Å². The number of para-hydroxylation sites is 2. The summed E-state index contributed by atoms with van der Waals surface area (Å²) in [5.41, 5.74) is 3.27. The van der Waals surface area contributed by atoms with Crippen LogP contribution in [0, 0.1) is 19.8 Å². The zero-order valence-electron chi connectivity index (χ0n) is 15.0. The first-order chi connectivity index (χ1) is 12.5. The standard InChI is InChI=1S/C18H23N5O2S/c1-13-18(14(2)21-20-13)26(24,25)23-9-7-15(8-10-23)11-22-12-19-16-5-3-4-6-17(16)22/h3-6,12,15H,7-11H2,1-2H3,(H,20,21). The number of nitrogens with zero attached hydrogens (tertiary/aromatic N) is 4. The van der Waals surface area contributed by atoms with Gasteiger partial charge in [0.15, 0.2) is 0 Å². The number of nitrogens with one attached hydrogen (secondary N) is 1. The van der Waals surface area contributed by atoms with E-state index in [1.807, 2.05) is 24.5 Å². The molecule has 0 unspecified atom stereocenters. The van der Waals surface area contributed by atoms with Gasteiger partial charge in [-0.15, -0.1) is 0 Å². The highest BCUT2D eigenvalue weighted by atomic mass is 32.2. The largest absolute Gasteiger partial charge is 0.330 e. The fourth-order valence-electron chi connectivity index (χ4n) is 3.82. The molecule has 0 atom stereocenters. The Balaban J connectivity index is 1.46. The van der Waals surface area contributed by atoms with Crippen molar-refractivity contribution in [3.63, 3.8) is 0 Å². The molecule has 26 heavy (non-hydrogen) atoms. The Hall–Kier alpha value is -2.19. The third kappa shape index (κ3) is 2.93. The third-order valence-corrected chi connectivity index (χ3v) is 7.38. The summed E-state index contributed by atoms with van der Waals surface area (Å²) in [4.78, 5) is 4.77. The van der Waals surface area contributed by atoms with Gasteiger partial charge >= 0.3 is 0 Å². The van der Waals surface area contributed by atoms with Gasteiger partial charge in [0.1, 0.15) is 4.90 Å². The van der Waals surface area contributed by atoms with Gasteiger partial charge in [-0.25, -0.2) is 13.4 Å². The first-order valence-electron chi connectivity index (χ1n) is 8.88. The van der Waals surface area contributed by atoms with Crippen molar-refractivity contribution in [3.8, 4) is 0 Å². The van der Waals surface area contributed by atoms with Crippen LogP contribution in [0.15, 0.2) is 35.5 Å². The number of fused-ring (bicyclic) bond motifs is 1. The maximum absolute atomic E-state index is 12.9. The van der Waals surface area contributed by atoms with Crippen LogP contribution >= 0.6 is 0 Å². The van der Waals surface area contributed by atoms with Crippen molar-refractivity contribution in [1.29, 1.82) is 0 Å². The van der Waals surface area contributed by atoms with E-state index in [-0.39, 0.29) is 0 Å². The van der Waals surface area contributed by atoms with Gasteiger partial charge in [-0.3, -0.25) is 5.10 Å². The van der Waals surface area contributed by atoms with Crippen LogP contribution in [-0.4, -0.2) is 45.6 Å². The van der Waals surface area contributed by atoms with Crippen LogP contribution in [0.3, 0.4) is 0 Å². The summed E-state index contributed by atoms with van der Waals surface area (Å²) in [5, 5.41) is 6.80. The molecule has 1 aliphatic heterocycles. The molecule has 0 saturated carbocycles. The number of H-pyrrole nitrogens is 1. The Morgan fingerprint density at radius 2 is 1.92 bits per heavy atom. The van der Waals surface area contributed by atoms with Gasteiger partial charge in [0.05, 0.1) is 28.7 Å². The number of sulfonamides is 1. The molecule has 8 heteroatoms. The molecule has 2 aromatic heterocycles. The van der Waals surface area contributed by atoms with E-state index in [9.17, 15) is 8.42 Å². The molecule has 1 N–H and O–H groups in total. The van der Waals surface area contributed by atoms with Crippen LogP contribution in [0.1, 0.15) is 24.2 Å². The number of aryl methyl sites for hydroxylation is 2. The number of hydrogen-bond acceptors (Lipinski definition) is 4. The second-order valence-electron chi connectivity index (χ2n) is 7.00. The average Bonchev–Trinajstić information content (AvgIpc) is 3.19. The van der Waals surface area contributed by atoms with Crippen LogP contribution in [0.4, 0.5) is 0 Å². The van der Waals surface area contributed by atoms with Crippen molar-refractivity contribution in [2.75, 3.05) is 13.1 Å². The van der Waals surface area contributed by atoms with E-state index < -0.39 is 10.0 Å². The number of benzene rings is 1. The molecule has 4 rings (SSSR count). The maximum Gasteiger partial charge on any atom is 0.246 e. The molecule has 3 aromatic rings. The molecule has 138 valence electrons. The first kappa shape index (κ1) is 17.2. The van der Waals surface area contributed by atoms with Crippen molar-refractivity contribution in [2.45, 2.75) is 38.1 Å². The Kier molecular flexibility index (Phi) is 4.32. The second-order valence-corrected chi connectivity index (χ2v) is 8.87. The molecular formula is C18H23N5O2S. The summed E-state index contributed by atoms with van der Waals surface area (Å²) in [5.74, 6) is 0.450. The second kappa shape index (κ2) is 6.51. The lowest BCUT2D eigenvalue weighted by molar-refractivity contribution is 0.254. The number of aromatic nitrogens is 4. The van der Waals surface area contributed by atoms with E-state index in [4.69, 9.17) is 0 Å². The van der Waals surface area contributed by atoms with Crippen molar-refractivity contribution in [2.24, 2.45) is 5.92 Å². The van der Waals surface area contributed by atoms with Gasteiger partial charge < -0.3 is 4.57 Å². The fourth-order valence-corrected chi connectivity index (χ4v) is 5.62. The molecule has 7 nitrogen and oxygen atoms in total. The number of imidazole rings is 1. The van der Waals surface area contributed by atoms with Crippen molar-refractivity contribution >= 4 is 21.1 Å². The Morgan fingerprint density at radius 3 is 2.62 bits per heavy atom. The molecule has 1 aliphatic rings. The number of hydrogen-bond donors (Lipinski definition) is 1. The maximum atomic E-state index is 12.9. The highest BCUT2D eigenvalue weighted by Crippen LogP contribution is 2.28. The molecule has 0 amide bonds. The average molecular weight is 373 g/mol. The number of rotatable bonds is 4. The van der Waals surface area contributed by atoms with Gasteiger partial charge in [-0.2, -0.15) is 9.40 Å². The number of piperidine rings is 1. The Morgan fingerprint density at radius 1 is 1.19 bits per heavy atom. The van der Waals surface area contributed by atoms with E-state index in [0.717, 1.165) is 30.4 Å². The highest BCUT2D eigenvalue weighted by Gasteiger charge is 2.32. The molecule has 0 aliphatic carbocycles. The minimum atomic E-state index is -3.48. The van der Waals surface area contributed by atoms with Crippen LogP contribution in [-0.2, 0) is 16.6 Å². The zero-order valence-corrected chi connectivity index (χ0v) is 15.8. The lowest BCUT2D eigenvalue weighted by Crippen LogP contribution is -2.39. The van der Waals surface area contributed by atoms with Gasteiger partial charge in [0, 0.05) is 19.6 Å². The van der Waals surface area contributed by atoms with E-state index >= 15 is 0 Å². The van der Waals surface area contributed by atoms with E-state index in [1.54, 1.807) is 18.2 Å². The predicted molar refractivity (Wildman–Crippen MR) is 99.3 cm³/mol. The molecule has 3 heterocycles. The molecule has 0 spiro atoms. The Bertz CT molecular complexity index is 1010. The summed E-state index contributed by atoms with van der Waals surface area (Å²) >= 11 is 0. The summed E-state index contributed by atoms with van der Waals surface area (Å²) in [6.45, 7) is 5.45. The minimum Gasteiger partial charge on any atom is -0.330 e. The monoisotopic (exact) mass is 373 g/mol. The van der Waals surface area contributed by atoms with Crippen LogP contribution in [0.25, 0.3) is 11.0 Å². The van der Waals surface area contributed by atoms with E-state index in [1.165, 1.54) is 0 Å². The quantitative estimate of drug-likeness (QED) is 0.761. The third-order valence-electron chi connectivity index (χ3n) is 5.21. The van der Waals surface area contributed by atoms with Gasteiger partial charge in [0.25, 0.3) is 0 Å². The smallest absolute Gasteiger partial charge is 0.246 e. The number of aromatic amines is 1. The van der Waals surface area contributed by atoms with Crippen LogP contribution in [0.5, 0.6) is 0 Å². The predicted octanol–water partition coefficient (Wildman–Crippen LogP) is 2.48. The molecule has 1 aromatic carbocycles. The summed E-state index contributed by atoms with van der Waals surface area (Å²) in [7, 11) is -3.48. The van der Waals surface area contributed by atoms with E-state index in [0.29, 0.717) is 35.3 Å².